The van der Waals surface area contributed by atoms with Gasteiger partial charge < -0.3 is 10.2 Å². The Morgan fingerprint density at radius 1 is 1.50 bits per heavy atom. The number of nitrogens with one attached hydrogen (secondary N) is 1. The molecule has 2 rings (SSSR count). The molecule has 0 spiro atoms. The number of halogens is 3. The predicted molar refractivity (Wildman–Crippen MR) is 63.6 cm³/mol. The van der Waals surface area contributed by atoms with Gasteiger partial charge in [-0.1, -0.05) is 6.92 Å². The summed E-state index contributed by atoms with van der Waals surface area (Å²) in [5.74, 6) is -0.584. The molecule has 0 amide bonds. The van der Waals surface area contributed by atoms with E-state index in [9.17, 15) is 13.2 Å². The summed E-state index contributed by atoms with van der Waals surface area (Å²) in [6.45, 7) is 5.84. The fourth-order valence-corrected chi connectivity index (χ4v) is 2.60. The van der Waals surface area contributed by atoms with Crippen LogP contribution in [-0.2, 0) is 6.18 Å². The normalized spacial score (nSPS) is 21.4. The van der Waals surface area contributed by atoms with Gasteiger partial charge in [0.05, 0.1) is 0 Å². The van der Waals surface area contributed by atoms with E-state index >= 15 is 0 Å². The summed E-state index contributed by atoms with van der Waals surface area (Å²) in [5.41, 5.74) is 0. The number of anilines is 1. The van der Waals surface area contributed by atoms with Crippen LogP contribution in [-0.4, -0.2) is 40.4 Å². The molecular formula is C10H15F3N4S. The van der Waals surface area contributed by atoms with Gasteiger partial charge in [-0.2, -0.15) is 22.5 Å². The first-order chi connectivity index (χ1) is 8.49. The highest BCUT2D eigenvalue weighted by Crippen LogP contribution is 2.29. The van der Waals surface area contributed by atoms with Crippen molar-refractivity contribution < 1.29 is 13.2 Å². The second-order valence-electron chi connectivity index (χ2n) is 4.35. The summed E-state index contributed by atoms with van der Waals surface area (Å²) in [5, 5.41) is 3.19. The largest absolute Gasteiger partial charge is 0.452 e. The van der Waals surface area contributed by atoms with Crippen molar-refractivity contribution in [3.05, 3.63) is 5.82 Å². The summed E-state index contributed by atoms with van der Waals surface area (Å²) in [6, 6.07) is 0. The van der Waals surface area contributed by atoms with Gasteiger partial charge in [-0.3, -0.25) is 0 Å². The minimum absolute atomic E-state index is 0.247. The van der Waals surface area contributed by atoms with E-state index in [1.807, 2.05) is 0 Å². The predicted octanol–water partition coefficient (Wildman–Crippen LogP) is 2.31. The van der Waals surface area contributed by atoms with Gasteiger partial charge in [-0.25, -0.2) is 0 Å². The van der Waals surface area contributed by atoms with Crippen LogP contribution in [0.1, 0.15) is 19.2 Å². The van der Waals surface area contributed by atoms with E-state index < -0.39 is 12.0 Å². The highest BCUT2D eigenvalue weighted by atomic mass is 32.1. The number of rotatable bonds is 4. The Balaban J connectivity index is 1.82. The van der Waals surface area contributed by atoms with Gasteiger partial charge in [-0.15, -0.1) is 0 Å². The molecule has 18 heavy (non-hydrogen) atoms. The molecule has 1 aliphatic heterocycles. The molecule has 1 atom stereocenters. The maximum Gasteiger partial charge on any atom is 0.452 e. The minimum atomic E-state index is -4.46. The molecule has 8 heteroatoms. The van der Waals surface area contributed by atoms with Crippen LogP contribution in [0.25, 0.3) is 0 Å². The lowest BCUT2D eigenvalue weighted by Gasteiger charge is -2.13. The number of hydrogen-bond acceptors (Lipinski definition) is 5. The van der Waals surface area contributed by atoms with Gasteiger partial charge in [0.15, 0.2) is 0 Å². The average molecular weight is 280 g/mol. The Kier molecular flexibility index (Phi) is 4.06. The Bertz CT molecular complexity index is 393. The molecule has 0 radical (unpaired) electrons. The fourth-order valence-electron chi connectivity index (χ4n) is 2.01. The standard InChI is InChI=1S/C10H15F3N4S/c1-2-17-4-3-7(6-17)5-14-9-15-8(16-18-9)10(11,12)13/h7H,2-6H2,1H3,(H,14,15,16). The van der Waals surface area contributed by atoms with Crippen molar-refractivity contribution in [3.8, 4) is 0 Å². The maximum absolute atomic E-state index is 12.3. The summed E-state index contributed by atoms with van der Waals surface area (Å²) < 4.78 is 40.2. The smallest absolute Gasteiger partial charge is 0.360 e. The number of alkyl halides is 3. The molecule has 102 valence electrons. The Morgan fingerprint density at radius 3 is 2.83 bits per heavy atom. The van der Waals surface area contributed by atoms with Gasteiger partial charge in [0.1, 0.15) is 0 Å². The molecule has 1 aromatic heterocycles. The molecule has 1 fully saturated rings. The number of nitrogens with zero attached hydrogens (tertiary/aromatic N) is 3. The van der Waals surface area contributed by atoms with Crippen molar-refractivity contribution in [2.24, 2.45) is 5.92 Å². The third kappa shape index (κ3) is 3.32. The molecule has 0 aliphatic carbocycles. The molecule has 1 aliphatic rings. The summed E-state index contributed by atoms with van der Waals surface area (Å²) in [4.78, 5) is 5.77. The molecule has 0 bridgehead atoms. The maximum atomic E-state index is 12.3. The van der Waals surface area contributed by atoms with E-state index in [1.54, 1.807) is 0 Å². The molecule has 1 unspecified atom stereocenters. The molecule has 0 saturated carbocycles. The SMILES string of the molecule is CCN1CCC(CNc2nc(C(F)(F)F)ns2)C1. The number of likely N-dealkylation sites (tertiary alicyclic amines) is 1. The van der Waals surface area contributed by atoms with E-state index in [1.165, 1.54) is 0 Å². The van der Waals surface area contributed by atoms with E-state index in [0.717, 1.165) is 37.6 Å². The van der Waals surface area contributed by atoms with Gasteiger partial charge in [0.25, 0.3) is 0 Å². The molecule has 4 nitrogen and oxygen atoms in total. The first-order valence-electron chi connectivity index (χ1n) is 5.86. The Morgan fingerprint density at radius 2 is 2.28 bits per heavy atom. The highest BCUT2D eigenvalue weighted by molar-refractivity contribution is 7.09. The lowest BCUT2D eigenvalue weighted by Crippen LogP contribution is -2.22. The zero-order chi connectivity index (χ0) is 13.2. The van der Waals surface area contributed by atoms with E-state index in [-0.39, 0.29) is 5.13 Å². The van der Waals surface area contributed by atoms with Gasteiger partial charge >= 0.3 is 6.18 Å². The van der Waals surface area contributed by atoms with Crippen molar-refractivity contribution in [3.63, 3.8) is 0 Å². The van der Waals surface area contributed by atoms with Gasteiger partial charge in [0.2, 0.25) is 11.0 Å². The third-order valence-electron chi connectivity index (χ3n) is 3.04. The second kappa shape index (κ2) is 5.40. The fraction of sp³-hybridized carbons (Fsp3) is 0.800. The van der Waals surface area contributed by atoms with E-state index in [2.05, 4.69) is 26.5 Å². The monoisotopic (exact) mass is 280 g/mol. The Hall–Kier alpha value is -0.890. The molecule has 1 N–H and O–H groups in total. The van der Waals surface area contributed by atoms with Crippen LogP contribution in [0.5, 0.6) is 0 Å². The van der Waals surface area contributed by atoms with E-state index in [4.69, 9.17) is 0 Å². The zero-order valence-electron chi connectivity index (χ0n) is 10.00. The van der Waals surface area contributed by atoms with Crippen molar-refractivity contribution in [1.29, 1.82) is 0 Å². The van der Waals surface area contributed by atoms with Crippen LogP contribution in [0.2, 0.25) is 0 Å². The van der Waals surface area contributed by atoms with Crippen LogP contribution in [0.3, 0.4) is 0 Å². The van der Waals surface area contributed by atoms with E-state index in [0.29, 0.717) is 12.5 Å². The molecular weight excluding hydrogens is 265 g/mol. The quantitative estimate of drug-likeness (QED) is 0.919. The van der Waals surface area contributed by atoms with Gasteiger partial charge in [-0.05, 0) is 25.4 Å². The van der Waals surface area contributed by atoms with Crippen LogP contribution in [0.4, 0.5) is 18.3 Å². The molecule has 1 aromatic rings. The van der Waals surface area contributed by atoms with Crippen molar-refractivity contribution in [2.45, 2.75) is 19.5 Å². The number of hydrogen-bond donors (Lipinski definition) is 1. The van der Waals surface area contributed by atoms with Crippen molar-refractivity contribution in [1.82, 2.24) is 14.3 Å². The first kappa shape index (κ1) is 13.5. The molecule has 0 aromatic carbocycles. The highest BCUT2D eigenvalue weighted by Gasteiger charge is 2.36. The lowest BCUT2D eigenvalue weighted by molar-refractivity contribution is -0.144. The van der Waals surface area contributed by atoms with Crippen LogP contribution in [0, 0.1) is 5.92 Å². The van der Waals surface area contributed by atoms with Crippen LogP contribution in [0.15, 0.2) is 0 Å². The number of aromatic nitrogens is 2. The molecule has 2 heterocycles. The molecule has 1 saturated heterocycles. The zero-order valence-corrected chi connectivity index (χ0v) is 10.8. The van der Waals surface area contributed by atoms with Crippen molar-refractivity contribution >= 4 is 16.7 Å². The second-order valence-corrected chi connectivity index (χ2v) is 5.10. The first-order valence-corrected chi connectivity index (χ1v) is 6.63. The summed E-state index contributed by atoms with van der Waals surface area (Å²) in [7, 11) is 0. The van der Waals surface area contributed by atoms with Gasteiger partial charge in [0, 0.05) is 24.6 Å². The minimum Gasteiger partial charge on any atom is -0.360 e. The summed E-state index contributed by atoms with van der Waals surface area (Å²) in [6.07, 6.45) is -3.38. The van der Waals surface area contributed by atoms with Crippen molar-refractivity contribution in [2.75, 3.05) is 31.5 Å². The average Bonchev–Trinajstić information content (AvgIpc) is 2.94. The Labute approximate surface area is 107 Å². The van der Waals surface area contributed by atoms with Crippen LogP contribution < -0.4 is 5.32 Å². The third-order valence-corrected chi connectivity index (χ3v) is 3.71. The topological polar surface area (TPSA) is 41.0 Å². The summed E-state index contributed by atoms with van der Waals surface area (Å²) >= 11 is 0.761. The lowest BCUT2D eigenvalue weighted by atomic mass is 10.1. The van der Waals surface area contributed by atoms with Crippen LogP contribution >= 0.6 is 11.5 Å².